The molecule has 2 aliphatic rings. The predicted octanol–water partition coefficient (Wildman–Crippen LogP) is 3.03. The van der Waals surface area contributed by atoms with E-state index in [1.807, 2.05) is 6.07 Å². The molecule has 0 amide bonds. The van der Waals surface area contributed by atoms with E-state index in [9.17, 15) is 9.50 Å². The molecule has 1 aliphatic heterocycles. The van der Waals surface area contributed by atoms with Gasteiger partial charge in [-0.2, -0.15) is 0 Å². The van der Waals surface area contributed by atoms with E-state index in [1.54, 1.807) is 13.0 Å². The number of halogens is 1. The summed E-state index contributed by atoms with van der Waals surface area (Å²) in [7, 11) is 0. The molecular weight excluding hydrogens is 257 g/mol. The van der Waals surface area contributed by atoms with Crippen LogP contribution in [0.3, 0.4) is 0 Å². The first kappa shape index (κ1) is 13.8. The second-order valence-electron chi connectivity index (χ2n) is 5.81. The molecule has 20 heavy (non-hydrogen) atoms. The highest BCUT2D eigenvalue weighted by Crippen LogP contribution is 2.36. The highest BCUT2D eigenvalue weighted by molar-refractivity contribution is 5.57. The Bertz CT molecular complexity index is 476. The summed E-state index contributed by atoms with van der Waals surface area (Å²) >= 11 is 0. The van der Waals surface area contributed by atoms with Crippen LogP contribution in [0.15, 0.2) is 18.2 Å². The maximum Gasteiger partial charge on any atom is 0.146 e. The van der Waals surface area contributed by atoms with Gasteiger partial charge < -0.3 is 14.7 Å². The number of hydrogen-bond donors (Lipinski definition) is 1. The number of para-hydroxylation sites is 1. The molecule has 3 unspecified atom stereocenters. The van der Waals surface area contributed by atoms with Crippen molar-refractivity contribution in [3.05, 3.63) is 29.6 Å². The number of ether oxygens (including phenoxy) is 1. The maximum atomic E-state index is 14.4. The number of fused-ring (bicyclic) bond motifs is 1. The van der Waals surface area contributed by atoms with E-state index in [1.165, 1.54) is 18.9 Å². The van der Waals surface area contributed by atoms with Crippen LogP contribution < -0.4 is 4.90 Å². The van der Waals surface area contributed by atoms with E-state index in [-0.39, 0.29) is 18.0 Å². The van der Waals surface area contributed by atoms with Crippen LogP contribution in [-0.4, -0.2) is 30.4 Å². The van der Waals surface area contributed by atoms with Crippen molar-refractivity contribution in [2.45, 2.75) is 50.9 Å². The van der Waals surface area contributed by atoms with Crippen molar-refractivity contribution in [2.24, 2.45) is 0 Å². The number of nitrogens with zero attached hydrogens (tertiary/aromatic N) is 1. The van der Waals surface area contributed by atoms with Crippen molar-refractivity contribution < 1.29 is 14.2 Å². The first-order valence-corrected chi connectivity index (χ1v) is 7.53. The molecule has 2 fully saturated rings. The summed E-state index contributed by atoms with van der Waals surface area (Å²) in [6.45, 7) is 3.02. The van der Waals surface area contributed by atoms with Gasteiger partial charge in [0.2, 0.25) is 0 Å². The Kier molecular flexibility index (Phi) is 3.94. The van der Waals surface area contributed by atoms with Crippen molar-refractivity contribution in [3.8, 4) is 0 Å². The molecule has 1 saturated heterocycles. The second-order valence-corrected chi connectivity index (χ2v) is 5.81. The van der Waals surface area contributed by atoms with Crippen molar-refractivity contribution >= 4 is 5.69 Å². The molecule has 110 valence electrons. The van der Waals surface area contributed by atoms with Crippen molar-refractivity contribution in [3.63, 3.8) is 0 Å². The molecule has 0 radical (unpaired) electrons. The highest BCUT2D eigenvalue weighted by atomic mass is 19.1. The number of benzene rings is 1. The van der Waals surface area contributed by atoms with Crippen LogP contribution >= 0.6 is 0 Å². The molecule has 0 spiro atoms. The van der Waals surface area contributed by atoms with Crippen LogP contribution in [0.5, 0.6) is 0 Å². The number of aliphatic hydroxyl groups excluding tert-OH is 1. The largest absolute Gasteiger partial charge is 0.389 e. The zero-order valence-corrected chi connectivity index (χ0v) is 11.9. The molecule has 1 aromatic rings. The van der Waals surface area contributed by atoms with E-state index in [0.717, 1.165) is 12.8 Å². The molecule has 1 aliphatic carbocycles. The lowest BCUT2D eigenvalue weighted by atomic mass is 9.89. The molecule has 1 N–H and O–H groups in total. The van der Waals surface area contributed by atoms with Crippen molar-refractivity contribution in [1.29, 1.82) is 0 Å². The van der Waals surface area contributed by atoms with Gasteiger partial charge in [0.05, 0.1) is 30.5 Å². The first-order valence-electron chi connectivity index (χ1n) is 7.53. The second kappa shape index (κ2) is 5.70. The molecule has 1 aromatic carbocycles. The van der Waals surface area contributed by atoms with Gasteiger partial charge in [0.1, 0.15) is 5.82 Å². The van der Waals surface area contributed by atoms with Gasteiger partial charge in [-0.3, -0.25) is 0 Å². The van der Waals surface area contributed by atoms with Crippen LogP contribution in [-0.2, 0) is 4.74 Å². The quantitative estimate of drug-likeness (QED) is 0.903. The maximum absolute atomic E-state index is 14.4. The average Bonchev–Trinajstić information content (AvgIpc) is 2.46. The lowest BCUT2D eigenvalue weighted by Gasteiger charge is -2.45. The highest BCUT2D eigenvalue weighted by Gasteiger charge is 2.36. The minimum atomic E-state index is -0.661. The van der Waals surface area contributed by atoms with Gasteiger partial charge in [-0.1, -0.05) is 25.0 Å². The Morgan fingerprint density at radius 3 is 2.95 bits per heavy atom. The summed E-state index contributed by atoms with van der Waals surface area (Å²) in [6.07, 6.45) is 4.00. The molecule has 0 bridgehead atoms. The average molecular weight is 279 g/mol. The number of anilines is 1. The van der Waals surface area contributed by atoms with Gasteiger partial charge in [0, 0.05) is 12.1 Å². The number of aliphatic hydroxyl groups is 1. The molecule has 1 saturated carbocycles. The third kappa shape index (κ3) is 2.42. The minimum absolute atomic E-state index is 0.207. The summed E-state index contributed by atoms with van der Waals surface area (Å²) in [4.78, 5) is 2.13. The molecule has 4 heteroatoms. The van der Waals surface area contributed by atoms with Gasteiger partial charge in [0.25, 0.3) is 0 Å². The Labute approximate surface area is 119 Å². The van der Waals surface area contributed by atoms with E-state index in [2.05, 4.69) is 4.90 Å². The summed E-state index contributed by atoms with van der Waals surface area (Å²) in [5.74, 6) is -0.241. The standard InChI is InChI=1S/C16H22FNO2/c1-11(19)12-5-4-6-13(17)16(12)18-9-10-20-15-8-3-2-7-14(15)18/h4-6,11,14-15,19H,2-3,7-10H2,1H3. The third-order valence-corrected chi connectivity index (χ3v) is 4.49. The fourth-order valence-corrected chi connectivity index (χ4v) is 3.55. The van der Waals surface area contributed by atoms with Crippen LogP contribution in [0.4, 0.5) is 10.1 Å². The molecular formula is C16H22FNO2. The molecule has 1 heterocycles. The zero-order chi connectivity index (χ0) is 14.1. The van der Waals surface area contributed by atoms with Crippen LogP contribution in [0.25, 0.3) is 0 Å². The fourth-order valence-electron chi connectivity index (χ4n) is 3.55. The molecule has 3 rings (SSSR count). The SMILES string of the molecule is CC(O)c1cccc(F)c1N1CCOC2CCCCC21. The zero-order valence-electron chi connectivity index (χ0n) is 11.9. The number of hydrogen-bond acceptors (Lipinski definition) is 3. The minimum Gasteiger partial charge on any atom is -0.389 e. The van der Waals surface area contributed by atoms with Crippen LogP contribution in [0.2, 0.25) is 0 Å². The van der Waals surface area contributed by atoms with Crippen LogP contribution in [0.1, 0.15) is 44.3 Å². The number of morpholine rings is 1. The Balaban J connectivity index is 1.98. The Morgan fingerprint density at radius 1 is 1.35 bits per heavy atom. The van der Waals surface area contributed by atoms with E-state index >= 15 is 0 Å². The molecule has 3 atom stereocenters. The summed E-state index contributed by atoms with van der Waals surface area (Å²) in [6, 6.07) is 5.21. The van der Waals surface area contributed by atoms with Gasteiger partial charge in [-0.05, 0) is 25.8 Å². The molecule has 3 nitrogen and oxygen atoms in total. The van der Waals surface area contributed by atoms with E-state index in [0.29, 0.717) is 24.4 Å². The smallest absolute Gasteiger partial charge is 0.146 e. The monoisotopic (exact) mass is 279 g/mol. The van der Waals surface area contributed by atoms with Crippen LogP contribution in [0, 0.1) is 5.82 Å². The van der Waals surface area contributed by atoms with Gasteiger partial charge in [-0.25, -0.2) is 4.39 Å². The lowest BCUT2D eigenvalue weighted by molar-refractivity contribution is -0.00912. The van der Waals surface area contributed by atoms with Gasteiger partial charge in [0.15, 0.2) is 0 Å². The first-order chi connectivity index (χ1) is 9.68. The topological polar surface area (TPSA) is 32.7 Å². The van der Waals surface area contributed by atoms with E-state index < -0.39 is 6.10 Å². The van der Waals surface area contributed by atoms with Gasteiger partial charge in [-0.15, -0.1) is 0 Å². The van der Waals surface area contributed by atoms with E-state index in [4.69, 9.17) is 4.74 Å². The molecule has 0 aromatic heterocycles. The summed E-state index contributed by atoms with van der Waals surface area (Å²) in [5.41, 5.74) is 1.25. The normalized spacial score (nSPS) is 28.1. The van der Waals surface area contributed by atoms with Gasteiger partial charge >= 0.3 is 0 Å². The Morgan fingerprint density at radius 2 is 2.15 bits per heavy atom. The van der Waals surface area contributed by atoms with Crippen molar-refractivity contribution in [1.82, 2.24) is 0 Å². The fraction of sp³-hybridized carbons (Fsp3) is 0.625. The summed E-state index contributed by atoms with van der Waals surface area (Å²) in [5, 5.41) is 9.93. The predicted molar refractivity (Wildman–Crippen MR) is 76.4 cm³/mol. The Hall–Kier alpha value is -1.13. The number of rotatable bonds is 2. The lowest BCUT2D eigenvalue weighted by Crippen LogP contribution is -2.53. The summed E-state index contributed by atoms with van der Waals surface area (Å²) < 4.78 is 20.2. The third-order valence-electron chi connectivity index (χ3n) is 4.49. The van der Waals surface area contributed by atoms with Crippen molar-refractivity contribution in [2.75, 3.05) is 18.1 Å².